The normalized spacial score (nSPS) is 10.1. The predicted octanol–water partition coefficient (Wildman–Crippen LogP) is 3.26. The van der Waals surface area contributed by atoms with Gasteiger partial charge in [-0.15, -0.1) is 0 Å². The van der Waals surface area contributed by atoms with Crippen LogP contribution in [-0.2, 0) is 0 Å². The summed E-state index contributed by atoms with van der Waals surface area (Å²) in [5.74, 6) is -0.909. The van der Waals surface area contributed by atoms with Gasteiger partial charge in [0.25, 0.3) is 5.91 Å². The Bertz CT molecular complexity index is 581. The third-order valence-electron chi connectivity index (χ3n) is 2.30. The van der Waals surface area contributed by atoms with Gasteiger partial charge in [0.1, 0.15) is 5.82 Å². The van der Waals surface area contributed by atoms with Gasteiger partial charge in [-0.1, -0.05) is 12.1 Å². The molecule has 3 nitrogen and oxygen atoms in total. The van der Waals surface area contributed by atoms with Gasteiger partial charge in [0.2, 0.25) is 0 Å². The molecule has 0 atom stereocenters. The minimum atomic E-state index is -0.525. The molecule has 2 rings (SSSR count). The molecule has 0 aromatic heterocycles. The van der Waals surface area contributed by atoms with Crippen molar-refractivity contribution in [3.63, 3.8) is 0 Å². The van der Waals surface area contributed by atoms with Crippen molar-refractivity contribution in [2.45, 2.75) is 0 Å². The summed E-state index contributed by atoms with van der Waals surface area (Å²) in [7, 11) is 0. The fourth-order valence-electron chi connectivity index (χ4n) is 1.50. The van der Waals surface area contributed by atoms with Gasteiger partial charge in [-0.3, -0.25) is 4.79 Å². The number of rotatable bonds is 2. The van der Waals surface area contributed by atoms with E-state index >= 15 is 0 Å². The molecule has 0 aliphatic rings. The quantitative estimate of drug-likeness (QED) is 0.641. The molecule has 0 spiro atoms. The van der Waals surface area contributed by atoms with Gasteiger partial charge in [0.15, 0.2) is 0 Å². The fourth-order valence-corrected chi connectivity index (χ4v) is 2.02. The molecule has 2 aromatic carbocycles. The van der Waals surface area contributed by atoms with E-state index in [4.69, 9.17) is 5.73 Å². The van der Waals surface area contributed by atoms with E-state index in [-0.39, 0.29) is 17.2 Å². The fraction of sp³-hybridized carbons (Fsp3) is 0. The molecule has 0 radical (unpaired) electrons. The number of nitrogens with two attached hydrogens (primary N) is 1. The van der Waals surface area contributed by atoms with Gasteiger partial charge in [-0.05, 0) is 52.9 Å². The Kier molecular flexibility index (Phi) is 3.81. The number of nitrogen functional groups attached to an aromatic ring is 1. The molecular formula is C13H10FIN2O. The van der Waals surface area contributed by atoms with Crippen molar-refractivity contribution in [1.82, 2.24) is 0 Å². The van der Waals surface area contributed by atoms with Crippen molar-refractivity contribution in [2.75, 3.05) is 11.1 Å². The number of para-hydroxylation sites is 1. The first-order valence-electron chi connectivity index (χ1n) is 5.18. The van der Waals surface area contributed by atoms with Crippen LogP contribution < -0.4 is 11.1 Å². The van der Waals surface area contributed by atoms with Crippen molar-refractivity contribution < 1.29 is 9.18 Å². The smallest absolute Gasteiger partial charge is 0.255 e. The number of nitrogens with one attached hydrogen (secondary N) is 1. The van der Waals surface area contributed by atoms with Gasteiger partial charge >= 0.3 is 0 Å². The predicted molar refractivity (Wildman–Crippen MR) is 77.9 cm³/mol. The molecule has 1 amide bonds. The van der Waals surface area contributed by atoms with Crippen LogP contribution in [0.25, 0.3) is 0 Å². The average molecular weight is 356 g/mol. The van der Waals surface area contributed by atoms with Crippen LogP contribution >= 0.6 is 22.6 Å². The van der Waals surface area contributed by atoms with Crippen LogP contribution in [-0.4, -0.2) is 5.91 Å². The Labute approximate surface area is 117 Å². The second kappa shape index (κ2) is 5.34. The van der Waals surface area contributed by atoms with E-state index in [0.29, 0.717) is 5.69 Å². The van der Waals surface area contributed by atoms with Crippen LogP contribution in [0.2, 0.25) is 0 Å². The maximum absolute atomic E-state index is 13.1. The number of amides is 1. The number of halogens is 2. The van der Waals surface area contributed by atoms with Crippen molar-refractivity contribution in [3.8, 4) is 0 Å². The lowest BCUT2D eigenvalue weighted by atomic mass is 10.2. The molecule has 0 fully saturated rings. The highest BCUT2D eigenvalue weighted by molar-refractivity contribution is 14.1. The lowest BCUT2D eigenvalue weighted by Crippen LogP contribution is -2.13. The lowest BCUT2D eigenvalue weighted by molar-refractivity contribution is 0.102. The van der Waals surface area contributed by atoms with Crippen molar-refractivity contribution in [2.24, 2.45) is 0 Å². The first-order valence-corrected chi connectivity index (χ1v) is 6.26. The summed E-state index contributed by atoms with van der Waals surface area (Å²) < 4.78 is 14.1. The largest absolute Gasteiger partial charge is 0.399 e. The van der Waals surface area contributed by atoms with E-state index in [9.17, 15) is 9.18 Å². The molecule has 5 heteroatoms. The number of carbonyl (C=O) groups is 1. The third kappa shape index (κ3) is 2.98. The molecular weight excluding hydrogens is 346 g/mol. The summed E-state index contributed by atoms with van der Waals surface area (Å²) in [6.07, 6.45) is 0. The van der Waals surface area contributed by atoms with Gasteiger partial charge < -0.3 is 11.1 Å². The number of carbonyl (C=O) groups excluding carboxylic acids is 1. The maximum atomic E-state index is 13.1. The second-order valence-electron chi connectivity index (χ2n) is 3.71. The second-order valence-corrected chi connectivity index (χ2v) is 4.87. The topological polar surface area (TPSA) is 55.1 Å². The molecule has 3 N–H and O–H groups in total. The van der Waals surface area contributed by atoms with Crippen LogP contribution in [0.4, 0.5) is 15.8 Å². The summed E-state index contributed by atoms with van der Waals surface area (Å²) in [5.41, 5.74) is 6.61. The van der Waals surface area contributed by atoms with Crippen molar-refractivity contribution in [1.29, 1.82) is 0 Å². The SMILES string of the molecule is Nc1cc(F)cc(C(=O)Nc2ccccc2I)c1. The first-order chi connectivity index (χ1) is 8.56. The Morgan fingerprint density at radius 2 is 1.94 bits per heavy atom. The van der Waals surface area contributed by atoms with Gasteiger partial charge in [0, 0.05) is 14.8 Å². The highest BCUT2D eigenvalue weighted by Gasteiger charge is 2.09. The third-order valence-corrected chi connectivity index (χ3v) is 3.25. The molecule has 0 unspecified atom stereocenters. The van der Waals surface area contributed by atoms with Crippen LogP contribution in [0, 0.1) is 9.39 Å². The summed E-state index contributed by atoms with van der Waals surface area (Å²) in [6, 6.07) is 11.1. The van der Waals surface area contributed by atoms with Gasteiger partial charge in [0.05, 0.1) is 5.69 Å². The zero-order valence-corrected chi connectivity index (χ0v) is 11.4. The van der Waals surface area contributed by atoms with Crippen LogP contribution in [0.3, 0.4) is 0 Å². The average Bonchev–Trinajstić information content (AvgIpc) is 2.31. The lowest BCUT2D eigenvalue weighted by Gasteiger charge is -2.07. The minimum absolute atomic E-state index is 0.201. The number of benzene rings is 2. The summed E-state index contributed by atoms with van der Waals surface area (Å²) in [6.45, 7) is 0. The molecule has 18 heavy (non-hydrogen) atoms. The van der Waals surface area contributed by atoms with E-state index in [1.54, 1.807) is 6.07 Å². The van der Waals surface area contributed by atoms with Crippen LogP contribution in [0.15, 0.2) is 42.5 Å². The number of hydrogen-bond acceptors (Lipinski definition) is 2. The van der Waals surface area contributed by atoms with E-state index in [2.05, 4.69) is 27.9 Å². The highest BCUT2D eigenvalue weighted by Crippen LogP contribution is 2.19. The Morgan fingerprint density at radius 1 is 1.22 bits per heavy atom. The molecule has 0 aliphatic carbocycles. The molecule has 92 valence electrons. The van der Waals surface area contributed by atoms with Crippen LogP contribution in [0.5, 0.6) is 0 Å². The molecule has 2 aromatic rings. The summed E-state index contributed by atoms with van der Waals surface area (Å²) in [4.78, 5) is 11.9. The molecule has 0 heterocycles. The molecule has 0 aliphatic heterocycles. The van der Waals surface area contributed by atoms with Gasteiger partial charge in [-0.2, -0.15) is 0 Å². The van der Waals surface area contributed by atoms with E-state index in [1.807, 2.05) is 18.2 Å². The van der Waals surface area contributed by atoms with Crippen molar-refractivity contribution >= 4 is 39.9 Å². The number of hydrogen-bond donors (Lipinski definition) is 2. The zero-order chi connectivity index (χ0) is 13.1. The monoisotopic (exact) mass is 356 g/mol. The Balaban J connectivity index is 2.25. The van der Waals surface area contributed by atoms with E-state index in [0.717, 1.165) is 9.64 Å². The van der Waals surface area contributed by atoms with Crippen LogP contribution in [0.1, 0.15) is 10.4 Å². The molecule has 0 bridgehead atoms. The minimum Gasteiger partial charge on any atom is -0.399 e. The molecule has 0 saturated heterocycles. The molecule has 0 saturated carbocycles. The van der Waals surface area contributed by atoms with Crippen molar-refractivity contribution in [3.05, 3.63) is 57.4 Å². The summed E-state index contributed by atoms with van der Waals surface area (Å²) in [5, 5.41) is 2.71. The standard InChI is InChI=1S/C13H10FIN2O/c14-9-5-8(6-10(16)7-9)13(18)17-12-4-2-1-3-11(12)15/h1-7H,16H2,(H,17,18). The Morgan fingerprint density at radius 3 is 2.61 bits per heavy atom. The Hall–Kier alpha value is -1.63. The van der Waals surface area contributed by atoms with E-state index < -0.39 is 5.82 Å². The maximum Gasteiger partial charge on any atom is 0.255 e. The number of anilines is 2. The zero-order valence-electron chi connectivity index (χ0n) is 9.28. The highest BCUT2D eigenvalue weighted by atomic mass is 127. The first kappa shape index (κ1) is 12.8. The summed E-state index contributed by atoms with van der Waals surface area (Å²) >= 11 is 2.11. The van der Waals surface area contributed by atoms with E-state index in [1.165, 1.54) is 12.1 Å². The van der Waals surface area contributed by atoms with Gasteiger partial charge in [-0.25, -0.2) is 4.39 Å².